The van der Waals surface area contributed by atoms with Gasteiger partial charge in [-0.3, -0.25) is 4.72 Å². The van der Waals surface area contributed by atoms with Crippen molar-refractivity contribution in [2.24, 2.45) is 0 Å². The van der Waals surface area contributed by atoms with Crippen molar-refractivity contribution >= 4 is 21.5 Å². The molecule has 0 aliphatic carbocycles. The van der Waals surface area contributed by atoms with Crippen LogP contribution in [0, 0.1) is 18.7 Å². The standard InChI is InChI=1S/C25H25F3N4O2S/c1-15(2)32(14-17-6-4-7-18-19(17)12-29-13-21(18)27)22-11-20(26)23(10-16(22)3)35(33,34)31-25-9-5-8-24(28)30-25/h4-11,21,29H,1,12-14H2,2-3H3,(H,30,31). The van der Waals surface area contributed by atoms with E-state index >= 15 is 4.39 Å². The topological polar surface area (TPSA) is 74.3 Å². The number of aryl methyl sites for hydroxylation is 1. The number of fused-ring (bicyclic) bond motifs is 1. The number of anilines is 2. The smallest absolute Gasteiger partial charge is 0.265 e. The highest BCUT2D eigenvalue weighted by Gasteiger charge is 2.25. The molecule has 184 valence electrons. The van der Waals surface area contributed by atoms with Crippen LogP contribution in [0.3, 0.4) is 0 Å². The quantitative estimate of drug-likeness (QED) is 0.439. The minimum absolute atomic E-state index is 0.250. The molecule has 1 aliphatic heterocycles. The number of halogens is 3. The summed E-state index contributed by atoms with van der Waals surface area (Å²) in [4.78, 5) is 4.63. The third kappa shape index (κ3) is 5.18. The number of allylic oxidation sites excluding steroid dienone is 1. The predicted molar refractivity (Wildman–Crippen MR) is 129 cm³/mol. The predicted octanol–water partition coefficient (Wildman–Crippen LogP) is 5.12. The van der Waals surface area contributed by atoms with Gasteiger partial charge in [0.05, 0.1) is 0 Å². The zero-order chi connectivity index (χ0) is 25.3. The van der Waals surface area contributed by atoms with Gasteiger partial charge in [0, 0.05) is 31.0 Å². The number of pyridine rings is 1. The number of sulfonamides is 1. The van der Waals surface area contributed by atoms with E-state index in [-0.39, 0.29) is 12.4 Å². The van der Waals surface area contributed by atoms with E-state index in [9.17, 15) is 17.2 Å². The minimum atomic E-state index is -4.37. The molecule has 1 aliphatic rings. The second kappa shape index (κ2) is 9.71. The molecule has 35 heavy (non-hydrogen) atoms. The second-order valence-corrected chi connectivity index (χ2v) is 10.1. The second-order valence-electron chi connectivity index (χ2n) is 8.42. The lowest BCUT2D eigenvalue weighted by Crippen LogP contribution is -2.29. The molecule has 2 heterocycles. The summed E-state index contributed by atoms with van der Waals surface area (Å²) >= 11 is 0. The third-order valence-corrected chi connectivity index (χ3v) is 7.22. The van der Waals surface area contributed by atoms with Gasteiger partial charge in [-0.05, 0) is 60.4 Å². The van der Waals surface area contributed by atoms with Crippen molar-refractivity contribution < 1.29 is 21.6 Å². The average molecular weight is 503 g/mol. The van der Waals surface area contributed by atoms with Crippen molar-refractivity contribution in [2.45, 2.75) is 38.0 Å². The summed E-state index contributed by atoms with van der Waals surface area (Å²) < 4.78 is 70.6. The van der Waals surface area contributed by atoms with Crippen LogP contribution in [-0.2, 0) is 23.1 Å². The van der Waals surface area contributed by atoms with Crippen molar-refractivity contribution in [3.05, 3.63) is 94.8 Å². The Labute approximate surface area is 202 Å². The van der Waals surface area contributed by atoms with E-state index in [0.717, 1.165) is 23.3 Å². The summed E-state index contributed by atoms with van der Waals surface area (Å²) in [7, 11) is -4.37. The summed E-state index contributed by atoms with van der Waals surface area (Å²) in [6, 6.07) is 11.4. The number of nitrogens with zero attached hydrogens (tertiary/aromatic N) is 2. The van der Waals surface area contributed by atoms with E-state index in [4.69, 9.17) is 0 Å². The monoisotopic (exact) mass is 502 g/mol. The third-order valence-electron chi connectivity index (χ3n) is 5.85. The van der Waals surface area contributed by atoms with Gasteiger partial charge in [0.25, 0.3) is 10.0 Å². The number of rotatable bonds is 7. The van der Waals surface area contributed by atoms with E-state index in [1.165, 1.54) is 18.2 Å². The lowest BCUT2D eigenvalue weighted by Gasteiger charge is -2.30. The van der Waals surface area contributed by atoms with Gasteiger partial charge in [0.2, 0.25) is 5.95 Å². The number of alkyl halides is 1. The average Bonchev–Trinajstić information content (AvgIpc) is 2.79. The van der Waals surface area contributed by atoms with Gasteiger partial charge in [-0.15, -0.1) is 0 Å². The number of hydrogen-bond donors (Lipinski definition) is 2. The molecule has 2 N–H and O–H groups in total. The van der Waals surface area contributed by atoms with E-state index in [2.05, 4.69) is 21.6 Å². The van der Waals surface area contributed by atoms with Crippen LogP contribution in [0.5, 0.6) is 0 Å². The number of aromatic nitrogens is 1. The zero-order valence-corrected chi connectivity index (χ0v) is 20.1. The first-order chi connectivity index (χ1) is 16.6. The van der Waals surface area contributed by atoms with Gasteiger partial charge in [0.15, 0.2) is 0 Å². The fourth-order valence-corrected chi connectivity index (χ4v) is 5.29. The van der Waals surface area contributed by atoms with Crippen LogP contribution >= 0.6 is 0 Å². The van der Waals surface area contributed by atoms with Crippen LogP contribution in [0.2, 0.25) is 0 Å². The van der Waals surface area contributed by atoms with Crippen molar-refractivity contribution in [2.75, 3.05) is 16.2 Å². The summed E-state index contributed by atoms with van der Waals surface area (Å²) in [6.07, 6.45) is -1.11. The highest BCUT2D eigenvalue weighted by molar-refractivity contribution is 7.92. The minimum Gasteiger partial charge on any atom is -0.341 e. The van der Waals surface area contributed by atoms with Crippen LogP contribution in [0.15, 0.2) is 65.7 Å². The van der Waals surface area contributed by atoms with Gasteiger partial charge in [0.1, 0.15) is 22.7 Å². The van der Waals surface area contributed by atoms with Crippen LogP contribution in [0.1, 0.15) is 35.3 Å². The first-order valence-electron chi connectivity index (χ1n) is 10.9. The van der Waals surface area contributed by atoms with Gasteiger partial charge >= 0.3 is 0 Å². The van der Waals surface area contributed by atoms with Gasteiger partial charge in [-0.25, -0.2) is 22.2 Å². The van der Waals surface area contributed by atoms with E-state index in [1.807, 2.05) is 6.07 Å². The Kier molecular flexibility index (Phi) is 6.86. The molecule has 3 aromatic rings. The first kappa shape index (κ1) is 24.7. The molecule has 0 radical (unpaired) electrons. The molecule has 0 saturated carbocycles. The molecule has 10 heteroatoms. The molecule has 0 fully saturated rings. The highest BCUT2D eigenvalue weighted by atomic mass is 32.2. The van der Waals surface area contributed by atoms with E-state index in [0.29, 0.717) is 35.6 Å². The number of benzene rings is 2. The summed E-state index contributed by atoms with van der Waals surface area (Å²) in [6.45, 7) is 8.47. The molecule has 0 amide bonds. The van der Waals surface area contributed by atoms with Gasteiger partial charge in [-0.1, -0.05) is 30.8 Å². The molecule has 0 bridgehead atoms. The highest BCUT2D eigenvalue weighted by Crippen LogP contribution is 2.33. The molecule has 1 atom stereocenters. The Morgan fingerprint density at radius 1 is 1.23 bits per heavy atom. The fourth-order valence-electron chi connectivity index (χ4n) is 4.14. The molecule has 0 spiro atoms. The Bertz CT molecular complexity index is 1400. The SMILES string of the molecule is C=C(C)N(Cc1cccc2c1CNCC2F)c1cc(F)c(S(=O)(=O)Nc2cccc(F)n2)cc1C. The Morgan fingerprint density at radius 2 is 1.97 bits per heavy atom. The van der Waals surface area contributed by atoms with E-state index in [1.54, 1.807) is 30.9 Å². The van der Waals surface area contributed by atoms with Crippen LogP contribution in [0.4, 0.5) is 24.7 Å². The van der Waals surface area contributed by atoms with E-state index < -0.39 is 32.9 Å². The van der Waals surface area contributed by atoms with Crippen molar-refractivity contribution in [1.82, 2.24) is 10.3 Å². The van der Waals surface area contributed by atoms with Crippen LogP contribution < -0.4 is 14.9 Å². The lowest BCUT2D eigenvalue weighted by molar-refractivity contribution is 0.310. The Hall–Kier alpha value is -3.37. The fraction of sp³-hybridized carbons (Fsp3) is 0.240. The molecule has 6 nitrogen and oxygen atoms in total. The maximum Gasteiger partial charge on any atom is 0.265 e. The molecule has 4 rings (SSSR count). The molecular formula is C25H25F3N4O2S. The maximum absolute atomic E-state index is 15.2. The summed E-state index contributed by atoms with van der Waals surface area (Å²) in [5.74, 6) is -2.11. The Morgan fingerprint density at radius 3 is 2.69 bits per heavy atom. The normalized spacial score (nSPS) is 15.4. The molecule has 1 unspecified atom stereocenters. The molecule has 2 aromatic carbocycles. The Balaban J connectivity index is 1.68. The molecular weight excluding hydrogens is 477 g/mol. The van der Waals surface area contributed by atoms with Crippen LogP contribution in [0.25, 0.3) is 0 Å². The van der Waals surface area contributed by atoms with Crippen molar-refractivity contribution in [1.29, 1.82) is 0 Å². The van der Waals surface area contributed by atoms with Gasteiger partial charge < -0.3 is 10.2 Å². The summed E-state index contributed by atoms with van der Waals surface area (Å²) in [5.41, 5.74) is 3.84. The maximum atomic E-state index is 15.2. The van der Waals surface area contributed by atoms with Crippen LogP contribution in [-0.4, -0.2) is 19.9 Å². The largest absolute Gasteiger partial charge is 0.341 e. The zero-order valence-electron chi connectivity index (χ0n) is 19.3. The number of nitrogens with one attached hydrogen (secondary N) is 2. The number of hydrogen-bond acceptors (Lipinski definition) is 5. The van der Waals surface area contributed by atoms with Gasteiger partial charge in [-0.2, -0.15) is 4.39 Å². The first-order valence-corrected chi connectivity index (χ1v) is 12.4. The molecule has 1 aromatic heterocycles. The summed E-state index contributed by atoms with van der Waals surface area (Å²) in [5, 5.41) is 3.06. The lowest BCUT2D eigenvalue weighted by atomic mass is 9.94. The molecule has 0 saturated heterocycles. The van der Waals surface area contributed by atoms with Crippen molar-refractivity contribution in [3.63, 3.8) is 0 Å². The van der Waals surface area contributed by atoms with Crippen molar-refractivity contribution in [3.8, 4) is 0 Å².